The van der Waals surface area contributed by atoms with Crippen molar-refractivity contribution in [1.82, 2.24) is 5.32 Å². The lowest BCUT2D eigenvalue weighted by molar-refractivity contribution is -0.124. The van der Waals surface area contributed by atoms with Crippen molar-refractivity contribution < 1.29 is 23.8 Å². The van der Waals surface area contributed by atoms with Gasteiger partial charge in [-0.15, -0.1) is 11.3 Å². The number of esters is 1. The number of amides is 1. The first-order chi connectivity index (χ1) is 14.6. The first-order valence-electron chi connectivity index (χ1n) is 9.55. The third kappa shape index (κ3) is 4.46. The second-order valence-corrected chi connectivity index (χ2v) is 7.83. The highest BCUT2D eigenvalue weighted by molar-refractivity contribution is 7.17. The average molecular weight is 423 g/mol. The summed E-state index contributed by atoms with van der Waals surface area (Å²) >= 11 is 1.36. The largest absolute Gasteiger partial charge is 0.497 e. The van der Waals surface area contributed by atoms with E-state index in [1.54, 1.807) is 13.2 Å². The van der Waals surface area contributed by atoms with Crippen LogP contribution >= 0.6 is 11.3 Å². The van der Waals surface area contributed by atoms with E-state index in [0.29, 0.717) is 24.4 Å². The molecule has 1 aromatic heterocycles. The molecule has 6 nitrogen and oxygen atoms in total. The van der Waals surface area contributed by atoms with Gasteiger partial charge in [-0.3, -0.25) is 4.79 Å². The van der Waals surface area contributed by atoms with Gasteiger partial charge >= 0.3 is 5.97 Å². The molecule has 0 radical (unpaired) electrons. The molecule has 4 rings (SSSR count). The summed E-state index contributed by atoms with van der Waals surface area (Å²) in [5.74, 6) is 0.770. The van der Waals surface area contributed by atoms with Gasteiger partial charge < -0.3 is 19.5 Å². The molecule has 7 heteroatoms. The molecule has 3 aromatic rings. The number of carbonyl (C=O) groups excluding carboxylic acids is 2. The van der Waals surface area contributed by atoms with E-state index in [0.717, 1.165) is 33.1 Å². The molecule has 2 aromatic carbocycles. The van der Waals surface area contributed by atoms with Crippen LogP contribution in [0.1, 0.15) is 20.8 Å². The predicted octanol–water partition coefficient (Wildman–Crippen LogP) is 3.83. The van der Waals surface area contributed by atoms with Gasteiger partial charge in [-0.1, -0.05) is 24.3 Å². The van der Waals surface area contributed by atoms with Crippen LogP contribution in [0.2, 0.25) is 0 Å². The molecule has 0 saturated carbocycles. The topological polar surface area (TPSA) is 73.9 Å². The van der Waals surface area contributed by atoms with E-state index in [-0.39, 0.29) is 12.5 Å². The number of methoxy groups -OCH3 is 1. The van der Waals surface area contributed by atoms with Crippen LogP contribution in [0, 0.1) is 0 Å². The minimum Gasteiger partial charge on any atom is -0.497 e. The zero-order valence-corrected chi connectivity index (χ0v) is 17.3. The second kappa shape index (κ2) is 9.00. The van der Waals surface area contributed by atoms with Gasteiger partial charge in [0, 0.05) is 22.5 Å². The molecule has 0 saturated heterocycles. The minimum absolute atomic E-state index is 0.308. The maximum atomic E-state index is 12.4. The number of benzene rings is 2. The van der Waals surface area contributed by atoms with Crippen molar-refractivity contribution in [2.75, 3.05) is 20.3 Å². The van der Waals surface area contributed by atoms with Gasteiger partial charge in [0.15, 0.2) is 6.61 Å². The molecule has 0 spiro atoms. The lowest BCUT2D eigenvalue weighted by Crippen LogP contribution is -2.30. The Morgan fingerprint density at radius 1 is 1.13 bits per heavy atom. The summed E-state index contributed by atoms with van der Waals surface area (Å²) < 4.78 is 16.0. The highest BCUT2D eigenvalue weighted by Crippen LogP contribution is 2.42. The van der Waals surface area contributed by atoms with Gasteiger partial charge in [-0.05, 0) is 42.3 Å². The maximum absolute atomic E-state index is 12.4. The third-order valence-corrected chi connectivity index (χ3v) is 5.94. The number of nitrogens with one attached hydrogen (secondary N) is 1. The van der Waals surface area contributed by atoms with Crippen molar-refractivity contribution in [2.45, 2.75) is 13.0 Å². The molecule has 1 aliphatic rings. The van der Waals surface area contributed by atoms with Crippen LogP contribution in [0.15, 0.2) is 54.6 Å². The quantitative estimate of drug-likeness (QED) is 0.585. The molecule has 30 heavy (non-hydrogen) atoms. The van der Waals surface area contributed by atoms with Crippen LogP contribution < -0.4 is 14.8 Å². The van der Waals surface area contributed by atoms with Gasteiger partial charge in [0.25, 0.3) is 5.91 Å². The summed E-state index contributed by atoms with van der Waals surface area (Å²) in [6.45, 7) is 0.573. The number of rotatable bonds is 7. The summed E-state index contributed by atoms with van der Waals surface area (Å²) in [6, 6.07) is 17.2. The number of para-hydroxylation sites is 1. The van der Waals surface area contributed by atoms with Gasteiger partial charge in [-0.25, -0.2) is 4.79 Å². The van der Waals surface area contributed by atoms with Crippen LogP contribution in [-0.4, -0.2) is 32.1 Å². The monoisotopic (exact) mass is 423 g/mol. The molecular formula is C23H21NO5S. The van der Waals surface area contributed by atoms with Gasteiger partial charge in [0.2, 0.25) is 0 Å². The molecule has 0 fully saturated rings. The SMILES string of the molecule is COc1ccc(CCNC(=O)COC(=O)c2cc3c(s2)-c2ccccc2OC3)cc1. The van der Waals surface area contributed by atoms with Gasteiger partial charge in [-0.2, -0.15) is 0 Å². The lowest BCUT2D eigenvalue weighted by atomic mass is 10.1. The van der Waals surface area contributed by atoms with E-state index in [2.05, 4.69) is 5.32 Å². The van der Waals surface area contributed by atoms with E-state index in [4.69, 9.17) is 14.2 Å². The van der Waals surface area contributed by atoms with E-state index in [1.165, 1.54) is 11.3 Å². The van der Waals surface area contributed by atoms with Crippen LogP contribution in [0.4, 0.5) is 0 Å². The number of ether oxygens (including phenoxy) is 3. The summed E-state index contributed by atoms with van der Waals surface area (Å²) in [5, 5.41) is 2.76. The summed E-state index contributed by atoms with van der Waals surface area (Å²) in [7, 11) is 1.62. The smallest absolute Gasteiger partial charge is 0.348 e. The fourth-order valence-corrected chi connectivity index (χ4v) is 4.28. The summed E-state index contributed by atoms with van der Waals surface area (Å²) in [5.41, 5.74) is 3.01. The molecule has 0 aliphatic carbocycles. The highest BCUT2D eigenvalue weighted by Gasteiger charge is 2.23. The molecule has 2 heterocycles. The molecule has 0 bridgehead atoms. The molecule has 154 valence electrons. The number of fused-ring (bicyclic) bond motifs is 3. The zero-order chi connectivity index (χ0) is 20.9. The fourth-order valence-electron chi connectivity index (χ4n) is 3.19. The first kappa shape index (κ1) is 20.0. The zero-order valence-electron chi connectivity index (χ0n) is 16.5. The number of carbonyl (C=O) groups is 2. The number of hydrogen-bond donors (Lipinski definition) is 1. The van der Waals surface area contributed by atoms with Crippen molar-refractivity contribution in [3.05, 3.63) is 70.6 Å². The molecule has 1 amide bonds. The number of hydrogen-bond acceptors (Lipinski definition) is 6. The Morgan fingerprint density at radius 3 is 2.73 bits per heavy atom. The van der Waals surface area contributed by atoms with Crippen molar-refractivity contribution in [3.8, 4) is 21.9 Å². The van der Waals surface area contributed by atoms with Crippen LogP contribution in [0.3, 0.4) is 0 Å². The average Bonchev–Trinajstić information content (AvgIpc) is 3.23. The lowest BCUT2D eigenvalue weighted by Gasteiger charge is -2.16. The van der Waals surface area contributed by atoms with Crippen LogP contribution in [-0.2, 0) is 22.6 Å². The molecule has 1 aliphatic heterocycles. The third-order valence-electron chi connectivity index (χ3n) is 4.75. The Kier molecular flexibility index (Phi) is 5.99. The van der Waals surface area contributed by atoms with Gasteiger partial charge in [0.1, 0.15) is 23.0 Å². The maximum Gasteiger partial charge on any atom is 0.348 e. The predicted molar refractivity (Wildman–Crippen MR) is 114 cm³/mol. The molecule has 0 unspecified atom stereocenters. The fraction of sp³-hybridized carbons (Fsp3) is 0.217. The van der Waals surface area contributed by atoms with E-state index < -0.39 is 5.97 Å². The highest BCUT2D eigenvalue weighted by atomic mass is 32.1. The van der Waals surface area contributed by atoms with E-state index >= 15 is 0 Å². The minimum atomic E-state index is -0.503. The Hall–Kier alpha value is -3.32. The Labute approximate surface area is 178 Å². The normalized spacial score (nSPS) is 11.6. The van der Waals surface area contributed by atoms with Crippen molar-refractivity contribution >= 4 is 23.2 Å². The summed E-state index contributed by atoms with van der Waals surface area (Å²) in [4.78, 5) is 25.9. The number of thiophene rings is 1. The van der Waals surface area contributed by atoms with Crippen LogP contribution in [0.25, 0.3) is 10.4 Å². The molecular weight excluding hydrogens is 402 g/mol. The van der Waals surface area contributed by atoms with Crippen LogP contribution in [0.5, 0.6) is 11.5 Å². The van der Waals surface area contributed by atoms with Crippen molar-refractivity contribution in [2.24, 2.45) is 0 Å². The Balaban J connectivity index is 1.27. The van der Waals surface area contributed by atoms with Crippen molar-refractivity contribution in [3.63, 3.8) is 0 Å². The first-order valence-corrected chi connectivity index (χ1v) is 10.4. The molecule has 0 atom stereocenters. The second-order valence-electron chi connectivity index (χ2n) is 6.77. The summed E-state index contributed by atoms with van der Waals surface area (Å²) in [6.07, 6.45) is 0.681. The van der Waals surface area contributed by atoms with E-state index in [9.17, 15) is 9.59 Å². The Bertz CT molecular complexity index is 1060. The standard InChI is InChI=1S/C23H21NO5S/c1-27-17-8-6-15(7-9-17)10-11-24-21(25)14-29-23(26)20-12-16-13-28-19-5-3-2-4-18(19)22(16)30-20/h2-9,12H,10-11,13-14H2,1H3,(H,24,25). The van der Waals surface area contributed by atoms with Gasteiger partial charge in [0.05, 0.1) is 7.11 Å². The van der Waals surface area contributed by atoms with E-state index in [1.807, 2.05) is 48.5 Å². The Morgan fingerprint density at radius 2 is 1.93 bits per heavy atom. The molecule has 1 N–H and O–H groups in total. The van der Waals surface area contributed by atoms with Crippen molar-refractivity contribution in [1.29, 1.82) is 0 Å².